The highest BCUT2D eigenvalue weighted by atomic mass is 35.5. The molecule has 0 aromatic heterocycles. The fourth-order valence-corrected chi connectivity index (χ4v) is 4.83. The fraction of sp³-hybridized carbons (Fsp3) is 0.294. The Morgan fingerprint density at radius 3 is 2.08 bits per heavy atom. The molecule has 1 fully saturated rings. The van der Waals surface area contributed by atoms with E-state index in [1.807, 2.05) is 17.0 Å². The second-order valence-corrected chi connectivity index (χ2v) is 8.15. The monoisotopic (exact) mass is 404 g/mol. The summed E-state index contributed by atoms with van der Waals surface area (Å²) >= 11 is 6.15. The maximum Gasteiger partial charge on any atom is 0.417 e. The summed E-state index contributed by atoms with van der Waals surface area (Å²) in [7, 11) is -4.24. The van der Waals surface area contributed by atoms with Crippen molar-refractivity contribution in [1.82, 2.24) is 4.31 Å². The quantitative estimate of drug-likeness (QED) is 0.779. The molecule has 1 saturated heterocycles. The molecule has 0 radical (unpaired) electrons. The van der Waals surface area contributed by atoms with Crippen molar-refractivity contribution in [3.05, 3.63) is 59.1 Å². The Bertz CT molecular complexity index is 895. The molecule has 1 heterocycles. The average Bonchev–Trinajstić information content (AvgIpc) is 2.61. The summed E-state index contributed by atoms with van der Waals surface area (Å²) in [5.41, 5.74) is -0.365. The van der Waals surface area contributed by atoms with Crippen LogP contribution in [-0.2, 0) is 16.2 Å². The Morgan fingerprint density at radius 2 is 1.46 bits per heavy atom. The average molecular weight is 405 g/mol. The van der Waals surface area contributed by atoms with Crippen LogP contribution in [0.5, 0.6) is 0 Å². The van der Waals surface area contributed by atoms with Gasteiger partial charge in [-0.25, -0.2) is 8.42 Å². The number of sulfonamides is 1. The highest BCUT2D eigenvalue weighted by Crippen LogP contribution is 2.35. The highest BCUT2D eigenvalue weighted by molar-refractivity contribution is 7.89. The number of alkyl halides is 3. The van der Waals surface area contributed by atoms with E-state index in [9.17, 15) is 21.6 Å². The van der Waals surface area contributed by atoms with E-state index in [2.05, 4.69) is 0 Å². The van der Waals surface area contributed by atoms with Gasteiger partial charge in [0.1, 0.15) is 0 Å². The molecule has 0 atom stereocenters. The number of piperazine rings is 1. The number of halogens is 4. The van der Waals surface area contributed by atoms with E-state index in [4.69, 9.17) is 11.6 Å². The second-order valence-electron chi connectivity index (χ2n) is 5.84. The number of anilines is 1. The molecule has 0 saturated carbocycles. The zero-order valence-electron chi connectivity index (χ0n) is 13.6. The predicted octanol–water partition coefficient (Wildman–Crippen LogP) is 3.87. The van der Waals surface area contributed by atoms with E-state index < -0.39 is 26.7 Å². The third-order valence-corrected chi connectivity index (χ3v) is 6.52. The lowest BCUT2D eigenvalue weighted by Crippen LogP contribution is -2.49. The largest absolute Gasteiger partial charge is 0.417 e. The van der Waals surface area contributed by atoms with Gasteiger partial charge in [-0.2, -0.15) is 17.5 Å². The molecule has 0 amide bonds. The molecule has 0 spiro atoms. The van der Waals surface area contributed by atoms with Crippen molar-refractivity contribution < 1.29 is 21.6 Å². The lowest BCUT2D eigenvalue weighted by Gasteiger charge is -2.36. The second kappa shape index (κ2) is 7.09. The molecule has 1 aliphatic rings. The number of hydrogen-bond acceptors (Lipinski definition) is 3. The van der Waals surface area contributed by atoms with Crippen LogP contribution in [0.25, 0.3) is 0 Å². The van der Waals surface area contributed by atoms with Crippen LogP contribution in [0.2, 0.25) is 5.02 Å². The van der Waals surface area contributed by atoms with Crippen LogP contribution < -0.4 is 4.90 Å². The molecule has 9 heteroatoms. The van der Waals surface area contributed by atoms with Gasteiger partial charge < -0.3 is 4.90 Å². The third-order valence-electron chi connectivity index (χ3n) is 4.24. The van der Waals surface area contributed by atoms with Crippen molar-refractivity contribution in [3.63, 3.8) is 0 Å². The van der Waals surface area contributed by atoms with Crippen molar-refractivity contribution in [2.75, 3.05) is 31.1 Å². The molecule has 1 aliphatic heterocycles. The van der Waals surface area contributed by atoms with Gasteiger partial charge in [0, 0.05) is 26.2 Å². The Kier molecular flexibility index (Phi) is 5.18. The molecule has 2 aromatic carbocycles. The van der Waals surface area contributed by atoms with E-state index in [0.29, 0.717) is 18.1 Å². The van der Waals surface area contributed by atoms with Gasteiger partial charge in [0.05, 0.1) is 21.2 Å². The van der Waals surface area contributed by atoms with Gasteiger partial charge in [-0.05, 0) is 24.3 Å². The van der Waals surface area contributed by atoms with Crippen molar-refractivity contribution >= 4 is 27.3 Å². The Labute approximate surface area is 154 Å². The smallest absolute Gasteiger partial charge is 0.368 e. The lowest BCUT2D eigenvalue weighted by atomic mass is 10.2. The molecule has 140 valence electrons. The van der Waals surface area contributed by atoms with Crippen molar-refractivity contribution in [1.29, 1.82) is 0 Å². The number of nitrogens with zero attached hydrogens (tertiary/aromatic N) is 2. The predicted molar refractivity (Wildman–Crippen MR) is 93.9 cm³/mol. The van der Waals surface area contributed by atoms with Gasteiger partial charge in [0.25, 0.3) is 0 Å². The number of para-hydroxylation sites is 1. The normalized spacial score (nSPS) is 16.7. The van der Waals surface area contributed by atoms with Crippen LogP contribution >= 0.6 is 11.6 Å². The summed E-state index contributed by atoms with van der Waals surface area (Å²) in [5.74, 6) is 0. The molecule has 0 bridgehead atoms. The molecular formula is C17H16ClF3N2O2S. The van der Waals surface area contributed by atoms with E-state index in [1.54, 1.807) is 12.1 Å². The maximum atomic E-state index is 13.2. The first-order chi connectivity index (χ1) is 12.2. The minimum Gasteiger partial charge on any atom is -0.368 e. The minimum absolute atomic E-state index is 0.0831. The minimum atomic E-state index is -4.73. The SMILES string of the molecule is O=S(=O)(c1ccccc1C(F)(F)F)N1CCN(c2ccccc2Cl)CC1. The summed E-state index contributed by atoms with van der Waals surface area (Å²) < 4.78 is 66.1. The molecule has 0 unspecified atom stereocenters. The molecule has 2 aromatic rings. The summed E-state index contributed by atoms with van der Waals surface area (Å²) in [6.45, 7) is 0.855. The Morgan fingerprint density at radius 1 is 0.885 bits per heavy atom. The van der Waals surface area contributed by atoms with Crippen molar-refractivity contribution in [3.8, 4) is 0 Å². The van der Waals surface area contributed by atoms with Gasteiger partial charge in [-0.1, -0.05) is 35.9 Å². The van der Waals surface area contributed by atoms with E-state index in [0.717, 1.165) is 22.1 Å². The summed E-state index contributed by atoms with van der Waals surface area (Å²) in [6.07, 6.45) is -4.73. The summed E-state index contributed by atoms with van der Waals surface area (Å²) in [5, 5.41) is 0.547. The van der Waals surface area contributed by atoms with Crippen LogP contribution in [0.4, 0.5) is 18.9 Å². The number of benzene rings is 2. The van der Waals surface area contributed by atoms with E-state index in [-0.39, 0.29) is 13.1 Å². The Balaban J connectivity index is 1.83. The van der Waals surface area contributed by atoms with Gasteiger partial charge in [0.15, 0.2) is 0 Å². The third kappa shape index (κ3) is 3.67. The fourth-order valence-electron chi connectivity index (χ4n) is 2.94. The zero-order valence-corrected chi connectivity index (χ0v) is 15.2. The molecule has 4 nitrogen and oxygen atoms in total. The van der Waals surface area contributed by atoms with Gasteiger partial charge in [0.2, 0.25) is 10.0 Å². The summed E-state index contributed by atoms with van der Waals surface area (Å²) in [4.78, 5) is 1.21. The topological polar surface area (TPSA) is 40.6 Å². The van der Waals surface area contributed by atoms with Crippen molar-refractivity contribution in [2.24, 2.45) is 0 Å². The molecule has 26 heavy (non-hydrogen) atoms. The lowest BCUT2D eigenvalue weighted by molar-refractivity contribution is -0.139. The van der Waals surface area contributed by atoms with E-state index in [1.165, 1.54) is 12.1 Å². The van der Waals surface area contributed by atoms with Crippen LogP contribution in [-0.4, -0.2) is 38.9 Å². The molecule has 3 rings (SSSR count). The van der Waals surface area contributed by atoms with Crippen molar-refractivity contribution in [2.45, 2.75) is 11.1 Å². The number of rotatable bonds is 3. The van der Waals surface area contributed by atoms with Crippen LogP contribution in [0.1, 0.15) is 5.56 Å². The molecule has 0 N–H and O–H groups in total. The standard InChI is InChI=1S/C17H16ClF3N2O2S/c18-14-6-2-3-7-15(14)22-9-11-23(12-10-22)26(24,25)16-8-4-1-5-13(16)17(19,20)21/h1-8H,9-12H2. The molecular weight excluding hydrogens is 389 g/mol. The Hall–Kier alpha value is -1.77. The first kappa shape index (κ1) is 19.0. The first-order valence-electron chi connectivity index (χ1n) is 7.87. The van der Waals surface area contributed by atoms with Crippen LogP contribution in [0.3, 0.4) is 0 Å². The van der Waals surface area contributed by atoms with Gasteiger partial charge in [-0.3, -0.25) is 0 Å². The first-order valence-corrected chi connectivity index (χ1v) is 9.69. The summed E-state index contributed by atoms with van der Waals surface area (Å²) in [6, 6.07) is 11.4. The highest BCUT2D eigenvalue weighted by Gasteiger charge is 2.39. The van der Waals surface area contributed by atoms with Gasteiger partial charge in [-0.15, -0.1) is 0 Å². The number of hydrogen-bond donors (Lipinski definition) is 0. The van der Waals surface area contributed by atoms with E-state index >= 15 is 0 Å². The molecule has 0 aliphatic carbocycles. The van der Waals surface area contributed by atoms with Crippen LogP contribution in [0.15, 0.2) is 53.4 Å². The maximum absolute atomic E-state index is 13.2. The van der Waals surface area contributed by atoms with Crippen LogP contribution in [0, 0.1) is 0 Å². The van der Waals surface area contributed by atoms with Gasteiger partial charge >= 0.3 is 6.18 Å². The zero-order chi connectivity index (χ0) is 18.9.